The lowest BCUT2D eigenvalue weighted by atomic mass is 10.1. The fraction of sp³-hybridized carbons (Fsp3) is 0.0588. The second-order valence-electron chi connectivity index (χ2n) is 9.54. The number of nitrogens with one attached hydrogen (secondary N) is 1. The van der Waals surface area contributed by atoms with Crippen molar-refractivity contribution in [1.82, 2.24) is 5.09 Å². The van der Waals surface area contributed by atoms with Gasteiger partial charge in [-0.1, -0.05) is 127 Å². The zero-order valence-electron chi connectivity index (χ0n) is 21.9. The van der Waals surface area contributed by atoms with Crippen LogP contribution in [0, 0.1) is 6.92 Å². The van der Waals surface area contributed by atoms with Crippen LogP contribution >= 0.6 is 14.4 Å². The van der Waals surface area contributed by atoms with E-state index in [1.165, 1.54) is 0 Å². The first-order chi connectivity index (χ1) is 19.0. The molecule has 0 saturated carbocycles. The van der Waals surface area contributed by atoms with E-state index >= 15 is 4.57 Å². The lowest BCUT2D eigenvalue weighted by Crippen LogP contribution is -2.28. The summed E-state index contributed by atoms with van der Waals surface area (Å²) in [5.41, 5.74) is 2.86. The molecule has 0 bridgehead atoms. The minimum Gasteiger partial charge on any atom is -0.333 e. The summed E-state index contributed by atoms with van der Waals surface area (Å²) in [6, 6.07) is 46.3. The summed E-state index contributed by atoms with van der Waals surface area (Å²) in [5, 5.41) is 6.32. The van der Waals surface area contributed by atoms with Gasteiger partial charge in [-0.2, -0.15) is 0 Å². The number of rotatable bonds is 9. The van der Waals surface area contributed by atoms with E-state index in [0.29, 0.717) is 22.7 Å². The van der Waals surface area contributed by atoms with E-state index in [1.54, 1.807) is 0 Å². The van der Waals surface area contributed by atoms with E-state index in [4.69, 9.17) is 0 Å². The van der Waals surface area contributed by atoms with Gasteiger partial charge in [0.15, 0.2) is 7.14 Å². The van der Waals surface area contributed by atoms with Crippen molar-refractivity contribution in [3.63, 3.8) is 0 Å². The molecule has 1 N–H and O–H groups in total. The molecule has 194 valence electrons. The lowest BCUT2D eigenvalue weighted by molar-refractivity contribution is 0.582. The van der Waals surface area contributed by atoms with E-state index in [0.717, 1.165) is 21.7 Å². The van der Waals surface area contributed by atoms with Gasteiger partial charge in [-0.25, -0.2) is 0 Å². The zero-order chi connectivity index (χ0) is 27.1. The molecular weight excluding hydrogens is 516 g/mol. The van der Waals surface area contributed by atoms with Crippen molar-refractivity contribution >= 4 is 35.7 Å². The molecule has 0 saturated heterocycles. The molecule has 0 aliphatic carbocycles. The van der Waals surface area contributed by atoms with Crippen molar-refractivity contribution in [2.24, 2.45) is 0 Å². The standard InChI is InChI=1S/C34H31NO2P2/c1-28-22-24-29(25-23-28)26-30(27-38(36,31-14-6-2-7-15-31)32-16-8-3-9-17-32)35-39(37,33-18-10-4-11-19-33)34-20-12-5-13-21-34/h2-25,27H,26H2,1H3,(H,35,37)/b30-27-. The first-order valence-electron chi connectivity index (χ1n) is 13.0. The average Bonchev–Trinajstić information content (AvgIpc) is 3.00. The molecule has 0 radical (unpaired) electrons. The van der Waals surface area contributed by atoms with Crippen LogP contribution in [0.2, 0.25) is 0 Å². The molecule has 0 aliphatic heterocycles. The van der Waals surface area contributed by atoms with Crippen molar-refractivity contribution in [1.29, 1.82) is 0 Å². The third-order valence-corrected chi connectivity index (χ3v) is 12.1. The molecule has 0 atom stereocenters. The van der Waals surface area contributed by atoms with Gasteiger partial charge < -0.3 is 9.65 Å². The fourth-order valence-corrected chi connectivity index (χ4v) is 9.42. The normalized spacial score (nSPS) is 12.2. The monoisotopic (exact) mass is 547 g/mol. The van der Waals surface area contributed by atoms with Crippen molar-refractivity contribution < 1.29 is 9.13 Å². The van der Waals surface area contributed by atoms with Crippen LogP contribution in [0.3, 0.4) is 0 Å². The summed E-state index contributed by atoms with van der Waals surface area (Å²) in [6.45, 7) is 2.05. The first-order valence-corrected chi connectivity index (χ1v) is 16.4. The largest absolute Gasteiger partial charge is 0.333 e. The third-order valence-electron chi connectivity index (χ3n) is 6.67. The van der Waals surface area contributed by atoms with Gasteiger partial charge in [0.1, 0.15) is 0 Å². The van der Waals surface area contributed by atoms with Crippen LogP contribution in [-0.2, 0) is 15.6 Å². The predicted molar refractivity (Wildman–Crippen MR) is 166 cm³/mol. The van der Waals surface area contributed by atoms with Gasteiger partial charge in [0.05, 0.1) is 0 Å². The maximum absolute atomic E-state index is 15.0. The quantitative estimate of drug-likeness (QED) is 0.204. The molecular formula is C34H31NO2P2. The van der Waals surface area contributed by atoms with Crippen LogP contribution in [0.15, 0.2) is 157 Å². The molecule has 0 heterocycles. The van der Waals surface area contributed by atoms with Crippen LogP contribution in [0.5, 0.6) is 0 Å². The van der Waals surface area contributed by atoms with Gasteiger partial charge >= 0.3 is 0 Å². The van der Waals surface area contributed by atoms with Crippen molar-refractivity contribution in [2.45, 2.75) is 13.3 Å². The molecule has 0 aromatic heterocycles. The Morgan fingerprint density at radius 1 is 0.564 bits per heavy atom. The molecule has 0 spiro atoms. The molecule has 5 heteroatoms. The van der Waals surface area contributed by atoms with E-state index < -0.39 is 14.4 Å². The molecule has 5 aromatic rings. The van der Waals surface area contributed by atoms with Gasteiger partial charge in [-0.05, 0) is 36.8 Å². The van der Waals surface area contributed by atoms with Gasteiger partial charge in [0.25, 0.3) is 0 Å². The van der Waals surface area contributed by atoms with Crippen molar-refractivity contribution in [3.8, 4) is 0 Å². The molecule has 0 fully saturated rings. The molecule has 5 aromatic carbocycles. The summed E-state index contributed by atoms with van der Waals surface area (Å²) in [6.07, 6.45) is 0.452. The highest BCUT2D eigenvalue weighted by Crippen LogP contribution is 2.48. The summed E-state index contributed by atoms with van der Waals surface area (Å²) < 4.78 is 30.0. The zero-order valence-corrected chi connectivity index (χ0v) is 23.6. The molecule has 39 heavy (non-hydrogen) atoms. The minimum absolute atomic E-state index is 0.452. The number of benzene rings is 5. The molecule has 5 rings (SSSR count). The number of allylic oxidation sites excluding steroid dienone is 1. The minimum atomic E-state index is -3.34. The Hall–Kier alpha value is -3.90. The average molecular weight is 548 g/mol. The van der Waals surface area contributed by atoms with Gasteiger partial charge in [0, 0.05) is 39.2 Å². The summed E-state index contributed by atoms with van der Waals surface area (Å²) in [4.78, 5) is 0. The SMILES string of the molecule is Cc1ccc(C/C(=C/P(=O)(c2ccccc2)c2ccccc2)NP(=O)(c2ccccc2)c2ccccc2)cc1. The Labute approximate surface area is 231 Å². The van der Waals surface area contributed by atoms with Gasteiger partial charge in [-0.15, -0.1) is 0 Å². The van der Waals surface area contributed by atoms with Gasteiger partial charge in [-0.3, -0.25) is 4.57 Å². The van der Waals surface area contributed by atoms with E-state index in [2.05, 4.69) is 36.3 Å². The highest BCUT2D eigenvalue weighted by Gasteiger charge is 2.31. The second kappa shape index (κ2) is 11.9. The first kappa shape index (κ1) is 26.7. The second-order valence-corrected chi connectivity index (χ2v) is 14.6. The van der Waals surface area contributed by atoms with Crippen molar-refractivity contribution in [3.05, 3.63) is 168 Å². The molecule has 0 amide bonds. The fourth-order valence-electron chi connectivity index (χ4n) is 4.61. The van der Waals surface area contributed by atoms with Gasteiger partial charge in [0.2, 0.25) is 7.29 Å². The highest BCUT2D eigenvalue weighted by atomic mass is 31.2. The lowest BCUT2D eigenvalue weighted by Gasteiger charge is -2.25. The third kappa shape index (κ3) is 6.07. The number of hydrogen-bond acceptors (Lipinski definition) is 2. The Balaban J connectivity index is 1.70. The summed E-state index contributed by atoms with van der Waals surface area (Å²) >= 11 is 0. The number of aryl methyl sites for hydroxylation is 1. The van der Waals surface area contributed by atoms with E-state index in [1.807, 2.05) is 127 Å². The number of hydrogen-bond donors (Lipinski definition) is 1. The smallest absolute Gasteiger partial charge is 0.226 e. The van der Waals surface area contributed by atoms with Crippen molar-refractivity contribution in [2.75, 3.05) is 0 Å². The van der Waals surface area contributed by atoms with E-state index in [9.17, 15) is 4.57 Å². The molecule has 0 aliphatic rings. The maximum atomic E-state index is 15.0. The Morgan fingerprint density at radius 3 is 1.36 bits per heavy atom. The highest BCUT2D eigenvalue weighted by molar-refractivity contribution is 7.81. The Morgan fingerprint density at radius 2 is 0.949 bits per heavy atom. The topological polar surface area (TPSA) is 46.2 Å². The Kier molecular flexibility index (Phi) is 8.13. The Bertz CT molecular complexity index is 1550. The van der Waals surface area contributed by atoms with E-state index in [-0.39, 0.29) is 0 Å². The predicted octanol–water partition coefficient (Wildman–Crippen LogP) is 6.91. The van der Waals surface area contributed by atoms with Crippen LogP contribution < -0.4 is 26.3 Å². The molecule has 3 nitrogen and oxygen atoms in total. The maximum Gasteiger partial charge on any atom is 0.226 e. The summed E-state index contributed by atoms with van der Waals surface area (Å²) in [7, 11) is -6.58. The van der Waals surface area contributed by atoms with Crippen LogP contribution in [-0.4, -0.2) is 0 Å². The van der Waals surface area contributed by atoms with Crippen LogP contribution in [0.4, 0.5) is 0 Å². The molecule has 0 unspecified atom stereocenters. The van der Waals surface area contributed by atoms with Crippen LogP contribution in [0.25, 0.3) is 0 Å². The summed E-state index contributed by atoms with van der Waals surface area (Å²) in [5.74, 6) is 1.83. The van der Waals surface area contributed by atoms with Crippen LogP contribution in [0.1, 0.15) is 11.1 Å².